The number of carboxylic acid groups (broad SMARTS) is 1. The Labute approximate surface area is 85.9 Å². The van der Waals surface area contributed by atoms with E-state index in [0.717, 1.165) is 10.9 Å². The third kappa shape index (κ3) is 1.57. The molecule has 0 aliphatic heterocycles. The van der Waals surface area contributed by atoms with Crippen LogP contribution in [0.15, 0.2) is 30.8 Å². The fraction of sp³-hybridized carbons (Fsp3) is 0. The number of benzene rings is 1. The van der Waals surface area contributed by atoms with E-state index in [-0.39, 0.29) is 5.69 Å². The fourth-order valence-electron chi connectivity index (χ4n) is 1.37. The molecule has 0 spiro atoms. The van der Waals surface area contributed by atoms with Crippen molar-refractivity contribution in [1.82, 2.24) is 10.2 Å². The van der Waals surface area contributed by atoms with Crippen LogP contribution in [0.2, 0.25) is 0 Å². The maximum atomic E-state index is 10.7. The Morgan fingerprint density at radius 2 is 2.20 bits per heavy atom. The van der Waals surface area contributed by atoms with Gasteiger partial charge in [0.15, 0.2) is 5.69 Å². The number of aromatic nitrogens is 2. The second-order valence-corrected chi connectivity index (χ2v) is 3.02. The van der Waals surface area contributed by atoms with Gasteiger partial charge in [-0.2, -0.15) is 0 Å². The molecule has 0 fully saturated rings. The van der Waals surface area contributed by atoms with E-state index in [9.17, 15) is 4.79 Å². The van der Waals surface area contributed by atoms with Crippen molar-refractivity contribution in [1.29, 1.82) is 0 Å². The molecule has 4 nitrogen and oxygen atoms in total. The zero-order valence-electron chi connectivity index (χ0n) is 7.84. The largest absolute Gasteiger partial charge is 0.476 e. The van der Waals surface area contributed by atoms with Crippen molar-refractivity contribution in [3.63, 3.8) is 0 Å². The molecule has 0 saturated carbocycles. The van der Waals surface area contributed by atoms with E-state index in [0.29, 0.717) is 5.52 Å². The molecule has 0 aliphatic rings. The smallest absolute Gasteiger partial charge is 0.356 e. The molecule has 1 aromatic carbocycles. The standard InChI is InChI=1S/C11H8N2O2/c1-2-7-4-3-5-9-8(7)6-10(11(14)15)13-12-9/h2-6H,1H2,(H,14,15). The molecule has 1 N–H and O–H groups in total. The third-order valence-corrected chi connectivity index (χ3v) is 2.10. The minimum atomic E-state index is -1.08. The van der Waals surface area contributed by atoms with Crippen LogP contribution < -0.4 is 0 Å². The predicted molar refractivity (Wildman–Crippen MR) is 56.6 cm³/mol. The van der Waals surface area contributed by atoms with Crippen molar-refractivity contribution in [3.05, 3.63) is 42.1 Å². The summed E-state index contributed by atoms with van der Waals surface area (Å²) in [4.78, 5) is 10.7. The molecule has 0 atom stereocenters. The molecule has 0 unspecified atom stereocenters. The highest BCUT2D eigenvalue weighted by molar-refractivity contribution is 5.93. The molecule has 2 rings (SSSR count). The number of fused-ring (bicyclic) bond motifs is 1. The summed E-state index contributed by atoms with van der Waals surface area (Å²) < 4.78 is 0. The minimum Gasteiger partial charge on any atom is -0.476 e. The van der Waals surface area contributed by atoms with Crippen LogP contribution in [0.4, 0.5) is 0 Å². The lowest BCUT2D eigenvalue weighted by molar-refractivity contribution is 0.0689. The molecule has 74 valence electrons. The molecule has 4 heteroatoms. The van der Waals surface area contributed by atoms with Crippen molar-refractivity contribution in [3.8, 4) is 0 Å². The van der Waals surface area contributed by atoms with E-state index in [1.165, 1.54) is 6.07 Å². The summed E-state index contributed by atoms with van der Waals surface area (Å²) in [6.07, 6.45) is 1.66. The summed E-state index contributed by atoms with van der Waals surface area (Å²) in [6.45, 7) is 3.66. The molecule has 2 aromatic rings. The molecule has 1 aromatic heterocycles. The van der Waals surface area contributed by atoms with Crippen molar-refractivity contribution in [2.24, 2.45) is 0 Å². The first-order chi connectivity index (χ1) is 7.22. The van der Waals surface area contributed by atoms with E-state index in [1.807, 2.05) is 12.1 Å². The number of rotatable bonds is 2. The van der Waals surface area contributed by atoms with Gasteiger partial charge in [0, 0.05) is 5.39 Å². The van der Waals surface area contributed by atoms with Gasteiger partial charge >= 0.3 is 5.97 Å². The fourth-order valence-corrected chi connectivity index (χ4v) is 1.37. The number of hydrogen-bond acceptors (Lipinski definition) is 3. The van der Waals surface area contributed by atoms with Gasteiger partial charge in [-0.15, -0.1) is 10.2 Å². The number of carbonyl (C=O) groups is 1. The highest BCUT2D eigenvalue weighted by Gasteiger charge is 2.07. The second-order valence-electron chi connectivity index (χ2n) is 3.02. The molecular weight excluding hydrogens is 192 g/mol. The lowest BCUT2D eigenvalue weighted by Gasteiger charge is -2.01. The highest BCUT2D eigenvalue weighted by atomic mass is 16.4. The van der Waals surface area contributed by atoms with Crippen LogP contribution in [0, 0.1) is 0 Å². The monoisotopic (exact) mass is 200 g/mol. The number of aromatic carboxylic acids is 1. The second kappa shape index (κ2) is 3.49. The molecule has 0 radical (unpaired) electrons. The van der Waals surface area contributed by atoms with E-state index in [4.69, 9.17) is 5.11 Å². The van der Waals surface area contributed by atoms with Gasteiger partial charge in [0.05, 0.1) is 5.52 Å². The zero-order chi connectivity index (χ0) is 10.8. The summed E-state index contributed by atoms with van der Waals surface area (Å²) in [7, 11) is 0. The Morgan fingerprint density at radius 1 is 1.40 bits per heavy atom. The Balaban J connectivity index is 2.78. The first-order valence-corrected chi connectivity index (χ1v) is 4.34. The van der Waals surface area contributed by atoms with E-state index in [2.05, 4.69) is 16.8 Å². The lowest BCUT2D eigenvalue weighted by Crippen LogP contribution is -2.02. The van der Waals surface area contributed by atoms with Crippen molar-refractivity contribution in [2.75, 3.05) is 0 Å². The van der Waals surface area contributed by atoms with Crippen molar-refractivity contribution in [2.45, 2.75) is 0 Å². The maximum Gasteiger partial charge on any atom is 0.356 e. The Morgan fingerprint density at radius 3 is 2.87 bits per heavy atom. The predicted octanol–water partition coefficient (Wildman–Crippen LogP) is 1.97. The SMILES string of the molecule is C=Cc1cccc2nnc(C(=O)O)cc12. The van der Waals surface area contributed by atoms with Gasteiger partial charge in [0.2, 0.25) is 0 Å². The Hall–Kier alpha value is -2.23. The average molecular weight is 200 g/mol. The lowest BCUT2D eigenvalue weighted by atomic mass is 10.1. The number of hydrogen-bond donors (Lipinski definition) is 1. The summed E-state index contributed by atoms with van der Waals surface area (Å²) in [5.74, 6) is -1.08. The molecule has 0 aliphatic carbocycles. The van der Waals surface area contributed by atoms with Crippen molar-refractivity contribution >= 4 is 22.9 Å². The van der Waals surface area contributed by atoms with E-state index >= 15 is 0 Å². The Bertz CT molecular complexity index is 549. The average Bonchev–Trinajstić information content (AvgIpc) is 2.27. The van der Waals surface area contributed by atoms with Gasteiger partial charge in [0.25, 0.3) is 0 Å². The number of nitrogens with zero attached hydrogens (tertiary/aromatic N) is 2. The Kier molecular flexibility index (Phi) is 2.17. The van der Waals surface area contributed by atoms with Crippen LogP contribution in [0.25, 0.3) is 17.0 Å². The molecule has 0 saturated heterocycles. The van der Waals surface area contributed by atoms with E-state index < -0.39 is 5.97 Å². The summed E-state index contributed by atoms with van der Waals surface area (Å²) in [6, 6.07) is 6.96. The normalized spacial score (nSPS) is 10.1. The van der Waals surface area contributed by atoms with Crippen molar-refractivity contribution < 1.29 is 9.90 Å². The van der Waals surface area contributed by atoms with Crippen LogP contribution in [0.1, 0.15) is 16.1 Å². The summed E-state index contributed by atoms with van der Waals surface area (Å²) in [5.41, 5.74) is 1.46. The molecular formula is C11H8N2O2. The van der Waals surface area contributed by atoms with Crippen LogP contribution in [0.5, 0.6) is 0 Å². The van der Waals surface area contributed by atoms with Crippen LogP contribution in [0.3, 0.4) is 0 Å². The van der Waals surface area contributed by atoms with E-state index in [1.54, 1.807) is 12.1 Å². The first kappa shape index (κ1) is 9.33. The topological polar surface area (TPSA) is 63.1 Å². The highest BCUT2D eigenvalue weighted by Crippen LogP contribution is 2.17. The zero-order valence-corrected chi connectivity index (χ0v) is 7.84. The van der Waals surface area contributed by atoms with Crippen LogP contribution in [-0.2, 0) is 0 Å². The van der Waals surface area contributed by atoms with Gasteiger partial charge in [-0.25, -0.2) is 4.79 Å². The van der Waals surface area contributed by atoms with Gasteiger partial charge in [-0.1, -0.05) is 24.8 Å². The van der Waals surface area contributed by atoms with Gasteiger partial charge in [-0.05, 0) is 17.7 Å². The maximum absolute atomic E-state index is 10.7. The molecule has 15 heavy (non-hydrogen) atoms. The summed E-state index contributed by atoms with van der Waals surface area (Å²) >= 11 is 0. The van der Waals surface area contributed by atoms with Gasteiger partial charge < -0.3 is 5.11 Å². The first-order valence-electron chi connectivity index (χ1n) is 4.34. The van der Waals surface area contributed by atoms with Gasteiger partial charge in [0.1, 0.15) is 0 Å². The third-order valence-electron chi connectivity index (χ3n) is 2.10. The quantitative estimate of drug-likeness (QED) is 0.804. The van der Waals surface area contributed by atoms with Gasteiger partial charge in [-0.3, -0.25) is 0 Å². The number of carboxylic acids is 1. The van der Waals surface area contributed by atoms with Crippen LogP contribution >= 0.6 is 0 Å². The minimum absolute atomic E-state index is 0.0585. The molecule has 0 amide bonds. The summed E-state index contributed by atoms with van der Waals surface area (Å²) in [5, 5.41) is 17.0. The van der Waals surface area contributed by atoms with Crippen LogP contribution in [-0.4, -0.2) is 21.3 Å². The molecule has 0 bridgehead atoms. The molecule has 1 heterocycles.